The fraction of sp³-hybridized carbons (Fsp3) is 0.833. The maximum atomic E-state index is 10.0. The third-order valence-corrected chi connectivity index (χ3v) is 2.71. The molecule has 0 spiro atoms. The molecule has 0 aliphatic rings. The molecule has 0 bridgehead atoms. The molecule has 1 heterocycles. The van der Waals surface area contributed by atoms with Crippen LogP contribution in [0.25, 0.3) is 0 Å². The highest BCUT2D eigenvalue weighted by Gasteiger charge is 2.18. The second kappa shape index (κ2) is 6.71. The van der Waals surface area contributed by atoms with Crippen LogP contribution < -0.4 is 0 Å². The van der Waals surface area contributed by atoms with Gasteiger partial charge in [-0.2, -0.15) is 5.10 Å². The third-order valence-electron chi connectivity index (χ3n) is 2.71. The van der Waals surface area contributed by atoms with Gasteiger partial charge < -0.3 is 9.84 Å². The van der Waals surface area contributed by atoms with Gasteiger partial charge in [0.1, 0.15) is 12.2 Å². The van der Waals surface area contributed by atoms with E-state index in [1.54, 1.807) is 13.4 Å². The van der Waals surface area contributed by atoms with Crippen molar-refractivity contribution in [2.24, 2.45) is 11.8 Å². The maximum absolute atomic E-state index is 10.0. The summed E-state index contributed by atoms with van der Waals surface area (Å²) in [6.07, 6.45) is 1.63. The third kappa shape index (κ3) is 4.44. The molecule has 0 aromatic carbocycles. The highest BCUT2D eigenvalue weighted by atomic mass is 16.5. The molecule has 0 amide bonds. The summed E-state index contributed by atoms with van der Waals surface area (Å²) in [5.74, 6) is 1.46. The maximum Gasteiger partial charge on any atom is 0.138 e. The van der Waals surface area contributed by atoms with Crippen LogP contribution in [-0.2, 0) is 17.7 Å². The van der Waals surface area contributed by atoms with Crippen molar-refractivity contribution in [3.8, 4) is 0 Å². The molecule has 1 aromatic rings. The van der Waals surface area contributed by atoms with Crippen molar-refractivity contribution in [3.05, 3.63) is 12.2 Å². The lowest BCUT2D eigenvalue weighted by Gasteiger charge is -2.18. The number of rotatable bonds is 7. The summed E-state index contributed by atoms with van der Waals surface area (Å²) >= 11 is 0. The average molecular weight is 241 g/mol. The van der Waals surface area contributed by atoms with E-state index in [4.69, 9.17) is 4.74 Å². The Morgan fingerprint density at radius 1 is 1.41 bits per heavy atom. The first-order chi connectivity index (χ1) is 8.04. The number of ether oxygens (including phenoxy) is 1. The van der Waals surface area contributed by atoms with Gasteiger partial charge in [-0.15, -0.1) is 0 Å². The zero-order valence-electron chi connectivity index (χ0n) is 11.1. The number of nitrogens with zero attached hydrogens (tertiary/aromatic N) is 3. The van der Waals surface area contributed by atoms with Gasteiger partial charge in [0.25, 0.3) is 0 Å². The molecular weight excluding hydrogens is 218 g/mol. The molecule has 1 N–H and O–H groups in total. The van der Waals surface area contributed by atoms with E-state index in [1.165, 1.54) is 0 Å². The largest absolute Gasteiger partial charge is 0.392 e. The van der Waals surface area contributed by atoms with Crippen LogP contribution in [0.4, 0.5) is 0 Å². The van der Waals surface area contributed by atoms with Crippen LogP contribution in [-0.4, -0.2) is 39.7 Å². The summed E-state index contributed by atoms with van der Waals surface area (Å²) < 4.78 is 6.90. The molecule has 0 radical (unpaired) electrons. The van der Waals surface area contributed by atoms with Crippen molar-refractivity contribution in [2.75, 3.05) is 13.7 Å². The van der Waals surface area contributed by atoms with Gasteiger partial charge in [0.05, 0.1) is 12.7 Å². The van der Waals surface area contributed by atoms with E-state index in [-0.39, 0.29) is 5.92 Å². The SMILES string of the molecule is COCC(C)C(O)Cc1ncnn1CC(C)C. The summed E-state index contributed by atoms with van der Waals surface area (Å²) in [5.41, 5.74) is 0. The van der Waals surface area contributed by atoms with E-state index < -0.39 is 6.10 Å². The molecule has 0 aliphatic carbocycles. The normalized spacial score (nSPS) is 15.2. The Balaban J connectivity index is 2.58. The molecule has 1 rings (SSSR count). The number of aromatic nitrogens is 3. The van der Waals surface area contributed by atoms with Gasteiger partial charge in [0.2, 0.25) is 0 Å². The van der Waals surface area contributed by atoms with Crippen molar-refractivity contribution >= 4 is 0 Å². The first kappa shape index (κ1) is 14.1. The molecule has 2 unspecified atom stereocenters. The van der Waals surface area contributed by atoms with Crippen molar-refractivity contribution < 1.29 is 9.84 Å². The Bertz CT molecular complexity index is 325. The fourth-order valence-corrected chi connectivity index (χ4v) is 1.71. The highest BCUT2D eigenvalue weighted by molar-refractivity contribution is 4.89. The minimum Gasteiger partial charge on any atom is -0.392 e. The number of aliphatic hydroxyl groups excluding tert-OH is 1. The Kier molecular flexibility index (Phi) is 5.58. The Hall–Kier alpha value is -0.940. The summed E-state index contributed by atoms with van der Waals surface area (Å²) in [4.78, 5) is 4.20. The number of hydrogen-bond donors (Lipinski definition) is 1. The number of methoxy groups -OCH3 is 1. The zero-order valence-corrected chi connectivity index (χ0v) is 11.1. The van der Waals surface area contributed by atoms with Crippen LogP contribution in [0, 0.1) is 11.8 Å². The Morgan fingerprint density at radius 3 is 2.71 bits per heavy atom. The van der Waals surface area contributed by atoms with E-state index in [1.807, 2.05) is 11.6 Å². The van der Waals surface area contributed by atoms with Crippen molar-refractivity contribution in [1.29, 1.82) is 0 Å². The second-order valence-corrected chi connectivity index (χ2v) is 4.96. The molecule has 0 aliphatic heterocycles. The van der Waals surface area contributed by atoms with Crippen molar-refractivity contribution in [1.82, 2.24) is 14.8 Å². The quantitative estimate of drug-likeness (QED) is 0.777. The average Bonchev–Trinajstić information content (AvgIpc) is 2.65. The van der Waals surface area contributed by atoms with Gasteiger partial charge >= 0.3 is 0 Å². The van der Waals surface area contributed by atoms with E-state index >= 15 is 0 Å². The second-order valence-electron chi connectivity index (χ2n) is 4.96. The van der Waals surface area contributed by atoms with E-state index in [0.29, 0.717) is 18.9 Å². The van der Waals surface area contributed by atoms with Crippen LogP contribution in [0.5, 0.6) is 0 Å². The standard InChI is InChI=1S/C12H23N3O2/c1-9(2)6-15-12(13-8-14-15)5-11(16)10(3)7-17-4/h8-11,16H,5-7H2,1-4H3. The highest BCUT2D eigenvalue weighted by Crippen LogP contribution is 2.10. The smallest absolute Gasteiger partial charge is 0.138 e. The van der Waals surface area contributed by atoms with E-state index in [2.05, 4.69) is 23.9 Å². The molecule has 1 aromatic heterocycles. The summed E-state index contributed by atoms with van der Waals surface area (Å²) in [6.45, 7) is 7.63. The summed E-state index contributed by atoms with van der Waals surface area (Å²) in [7, 11) is 1.64. The topological polar surface area (TPSA) is 60.2 Å². The monoisotopic (exact) mass is 241 g/mol. The number of aliphatic hydroxyl groups is 1. The van der Waals surface area contributed by atoms with Gasteiger partial charge in [0, 0.05) is 26.0 Å². The predicted molar refractivity (Wildman–Crippen MR) is 65.6 cm³/mol. The first-order valence-corrected chi connectivity index (χ1v) is 6.08. The molecule has 17 heavy (non-hydrogen) atoms. The molecular formula is C12H23N3O2. The predicted octanol–water partition coefficient (Wildman–Crippen LogP) is 1.12. The lowest BCUT2D eigenvalue weighted by Crippen LogP contribution is -2.26. The molecule has 5 nitrogen and oxygen atoms in total. The molecule has 0 saturated heterocycles. The fourth-order valence-electron chi connectivity index (χ4n) is 1.71. The molecule has 0 fully saturated rings. The molecule has 0 saturated carbocycles. The molecule has 2 atom stereocenters. The van der Waals surface area contributed by atoms with Gasteiger partial charge in [-0.3, -0.25) is 0 Å². The Labute approximate surface area is 103 Å². The van der Waals surface area contributed by atoms with Crippen LogP contribution in [0.2, 0.25) is 0 Å². The molecule has 98 valence electrons. The van der Waals surface area contributed by atoms with E-state index in [9.17, 15) is 5.11 Å². The minimum absolute atomic E-state index is 0.101. The minimum atomic E-state index is -0.440. The van der Waals surface area contributed by atoms with Crippen LogP contribution in [0.1, 0.15) is 26.6 Å². The number of hydrogen-bond acceptors (Lipinski definition) is 4. The Morgan fingerprint density at radius 2 is 2.12 bits per heavy atom. The first-order valence-electron chi connectivity index (χ1n) is 6.08. The summed E-state index contributed by atoms with van der Waals surface area (Å²) in [6, 6.07) is 0. The lowest BCUT2D eigenvalue weighted by molar-refractivity contribution is 0.0555. The molecule has 5 heteroatoms. The van der Waals surface area contributed by atoms with Gasteiger partial charge in [0.15, 0.2) is 0 Å². The summed E-state index contributed by atoms with van der Waals surface area (Å²) in [5, 5.41) is 14.2. The van der Waals surface area contributed by atoms with Crippen LogP contribution >= 0.6 is 0 Å². The van der Waals surface area contributed by atoms with Crippen molar-refractivity contribution in [3.63, 3.8) is 0 Å². The van der Waals surface area contributed by atoms with Gasteiger partial charge in [-0.25, -0.2) is 9.67 Å². The van der Waals surface area contributed by atoms with E-state index in [0.717, 1.165) is 12.4 Å². The lowest BCUT2D eigenvalue weighted by atomic mass is 10.0. The van der Waals surface area contributed by atoms with Crippen molar-refractivity contribution in [2.45, 2.75) is 39.8 Å². The van der Waals surface area contributed by atoms with Gasteiger partial charge in [-0.1, -0.05) is 20.8 Å². The zero-order chi connectivity index (χ0) is 12.8. The van der Waals surface area contributed by atoms with Gasteiger partial charge in [-0.05, 0) is 5.92 Å². The van der Waals surface area contributed by atoms with Crippen LogP contribution in [0.3, 0.4) is 0 Å². The van der Waals surface area contributed by atoms with Crippen LogP contribution in [0.15, 0.2) is 6.33 Å².